The van der Waals surface area contributed by atoms with E-state index in [0.29, 0.717) is 36.9 Å². The van der Waals surface area contributed by atoms with Crippen LogP contribution in [-0.4, -0.2) is 77.2 Å². The van der Waals surface area contributed by atoms with E-state index in [1.807, 2.05) is 63.6 Å². The summed E-state index contributed by atoms with van der Waals surface area (Å²) in [4.78, 5) is 28.1. The Balaban J connectivity index is 1.30. The third kappa shape index (κ3) is 5.88. The Morgan fingerprint density at radius 3 is 2.61 bits per heavy atom. The molecule has 0 amide bonds. The number of nitrogens with one attached hydrogen (secondary N) is 1. The lowest BCUT2D eigenvalue weighted by Crippen LogP contribution is -2.15. The second-order valence-electron chi connectivity index (χ2n) is 11.8. The molecule has 0 saturated carbocycles. The summed E-state index contributed by atoms with van der Waals surface area (Å²) in [5, 5.41) is 11.8. The summed E-state index contributed by atoms with van der Waals surface area (Å²) in [6.07, 6.45) is 7.37. The number of hydrogen-bond acceptors (Lipinski definition) is 9. The van der Waals surface area contributed by atoms with Crippen LogP contribution in [0.2, 0.25) is 0 Å². The number of anilines is 2. The first-order valence-corrected chi connectivity index (χ1v) is 16.1. The molecule has 49 heavy (non-hydrogen) atoms. The minimum atomic E-state index is -0.484. The van der Waals surface area contributed by atoms with Crippen LogP contribution in [0.1, 0.15) is 23.5 Å². The van der Waals surface area contributed by atoms with E-state index in [2.05, 4.69) is 40.6 Å². The maximum atomic E-state index is 13.1. The van der Waals surface area contributed by atoms with Crippen molar-refractivity contribution in [2.24, 2.45) is 22.8 Å². The number of fused-ring (bicyclic) bond motifs is 6. The molecule has 14 heteroatoms. The molecule has 0 aliphatic carbocycles. The zero-order valence-corrected chi connectivity index (χ0v) is 27.5. The molecule has 0 saturated heterocycles. The summed E-state index contributed by atoms with van der Waals surface area (Å²) in [5.74, 6) is 1.15. The van der Waals surface area contributed by atoms with Crippen molar-refractivity contribution < 1.29 is 8.78 Å². The van der Waals surface area contributed by atoms with Crippen molar-refractivity contribution in [3.63, 3.8) is 0 Å². The average molecular weight is 663 g/mol. The number of alkyl halides is 2. The molecule has 0 unspecified atom stereocenters. The number of hydrogen-bond donors (Lipinski definition) is 2. The van der Waals surface area contributed by atoms with E-state index in [1.165, 1.54) is 0 Å². The number of rotatable bonds is 12. The first-order chi connectivity index (χ1) is 23.9. The molecule has 0 spiro atoms. The Hall–Kier alpha value is -5.63. The predicted octanol–water partition coefficient (Wildman–Crippen LogP) is 6.06. The van der Waals surface area contributed by atoms with Crippen LogP contribution in [0.25, 0.3) is 43.9 Å². The van der Waals surface area contributed by atoms with Crippen molar-refractivity contribution >= 4 is 73.1 Å². The minimum Gasteiger partial charge on any atom is -0.337 e. The highest BCUT2D eigenvalue weighted by atomic mass is 19.1. The van der Waals surface area contributed by atoms with Gasteiger partial charge in [-0.25, -0.2) is 19.4 Å². The molecule has 0 aromatic carbocycles. The normalized spacial score (nSPS) is 12.5. The van der Waals surface area contributed by atoms with E-state index >= 15 is 0 Å². The van der Waals surface area contributed by atoms with E-state index in [4.69, 9.17) is 20.7 Å². The molecule has 3 N–H and O–H groups in total. The van der Waals surface area contributed by atoms with Gasteiger partial charge in [-0.3, -0.25) is 24.0 Å². The Morgan fingerprint density at radius 2 is 1.80 bits per heavy atom. The third-order valence-corrected chi connectivity index (χ3v) is 8.69. The number of pyridine rings is 4. The zero-order chi connectivity index (χ0) is 34.1. The monoisotopic (exact) mass is 662 g/mol. The molecule has 250 valence electrons. The SMILES string of the molecule is Cc1nn(CCF)c(C)c1Nc1ccc2c3c(Cn4c5ccncc5c5ccc(N=C(C=NCCCF)CN)nc54)nccc3n(C)c2n1. The van der Waals surface area contributed by atoms with Crippen LogP contribution in [0, 0.1) is 13.8 Å². The van der Waals surface area contributed by atoms with E-state index in [-0.39, 0.29) is 13.1 Å². The van der Waals surface area contributed by atoms with Crippen LogP contribution < -0.4 is 11.1 Å². The minimum absolute atomic E-state index is 0.173. The highest BCUT2D eigenvalue weighted by Gasteiger charge is 2.19. The van der Waals surface area contributed by atoms with Gasteiger partial charge in [0, 0.05) is 66.5 Å². The van der Waals surface area contributed by atoms with Gasteiger partial charge in [-0.1, -0.05) is 0 Å². The van der Waals surface area contributed by atoms with Crippen LogP contribution in [0.5, 0.6) is 0 Å². The topological polar surface area (TPSA) is 142 Å². The highest BCUT2D eigenvalue weighted by molar-refractivity contribution is 6.32. The molecular formula is C35H36F2N12. The van der Waals surface area contributed by atoms with Gasteiger partial charge >= 0.3 is 0 Å². The Morgan fingerprint density at radius 1 is 0.959 bits per heavy atom. The van der Waals surface area contributed by atoms with Crippen LogP contribution >= 0.6 is 0 Å². The van der Waals surface area contributed by atoms with E-state index in [0.717, 1.165) is 66.6 Å². The second kappa shape index (κ2) is 13.5. The average Bonchev–Trinajstić information content (AvgIpc) is 3.69. The molecule has 0 aliphatic heterocycles. The first-order valence-electron chi connectivity index (χ1n) is 16.1. The van der Waals surface area contributed by atoms with Crippen molar-refractivity contribution in [1.29, 1.82) is 0 Å². The summed E-state index contributed by atoms with van der Waals surface area (Å²) < 4.78 is 31.4. The van der Waals surface area contributed by atoms with Crippen molar-refractivity contribution in [3.8, 4) is 0 Å². The molecule has 7 aromatic rings. The van der Waals surface area contributed by atoms with Gasteiger partial charge in [0.1, 0.15) is 23.8 Å². The van der Waals surface area contributed by atoms with E-state index in [1.54, 1.807) is 17.1 Å². The third-order valence-electron chi connectivity index (χ3n) is 8.69. The smallest absolute Gasteiger partial charge is 0.154 e. The maximum absolute atomic E-state index is 13.1. The summed E-state index contributed by atoms with van der Waals surface area (Å²) in [5.41, 5.74) is 13.3. The second-order valence-corrected chi connectivity index (χ2v) is 11.8. The molecule has 7 heterocycles. The number of nitrogens with zero attached hydrogens (tertiary/aromatic N) is 10. The van der Waals surface area contributed by atoms with Gasteiger partial charge in [0.2, 0.25) is 0 Å². The lowest BCUT2D eigenvalue weighted by Gasteiger charge is -2.09. The number of aryl methyl sites for hydroxylation is 3. The molecular weight excluding hydrogens is 626 g/mol. The molecule has 0 aliphatic rings. The fraction of sp³-hybridized carbons (Fsp3) is 0.286. The first kappa shape index (κ1) is 31.9. The fourth-order valence-electron chi connectivity index (χ4n) is 6.34. The zero-order valence-electron chi connectivity index (χ0n) is 27.5. The van der Waals surface area contributed by atoms with E-state index < -0.39 is 13.3 Å². The standard InChI is InChI=1S/C35H36F2N12/c1-21-33(22(2)49(46-21)16-12-37)43-31-8-6-25-32-27(41-15-10-29(32)47(3)34(25)44-31)20-48-28-9-14-40-19-26(28)24-5-7-30(45-35(24)48)42-23(17-38)18-39-13-4-11-36/h5-10,14-15,18-19H,4,11-13,16-17,20,38H2,1-3H3,(H,43,44). The number of aromatic nitrogens is 8. The molecule has 0 atom stereocenters. The number of nitrogens with two attached hydrogens (primary N) is 1. The molecule has 0 fully saturated rings. The Kier molecular flexibility index (Phi) is 8.78. The fourth-order valence-corrected chi connectivity index (χ4v) is 6.34. The van der Waals surface area contributed by atoms with Crippen molar-refractivity contribution in [2.75, 3.05) is 31.8 Å². The van der Waals surface area contributed by atoms with Crippen LogP contribution in [0.3, 0.4) is 0 Å². The lowest BCUT2D eigenvalue weighted by molar-refractivity contribution is 0.422. The van der Waals surface area contributed by atoms with Crippen LogP contribution in [0.15, 0.2) is 65.0 Å². The maximum Gasteiger partial charge on any atom is 0.154 e. The summed E-state index contributed by atoms with van der Waals surface area (Å²) in [6, 6.07) is 11.8. The van der Waals surface area contributed by atoms with Crippen LogP contribution in [0.4, 0.5) is 26.1 Å². The molecule has 0 radical (unpaired) electrons. The Bertz CT molecular complexity index is 2380. The van der Waals surface area contributed by atoms with Gasteiger partial charge in [0.15, 0.2) is 5.82 Å². The molecule has 0 bridgehead atoms. The van der Waals surface area contributed by atoms with Gasteiger partial charge in [-0.15, -0.1) is 0 Å². The summed E-state index contributed by atoms with van der Waals surface area (Å²) in [7, 11) is 1.99. The van der Waals surface area contributed by atoms with Gasteiger partial charge < -0.3 is 20.2 Å². The molecule has 7 aromatic heterocycles. The number of halogens is 2. The van der Waals surface area contributed by atoms with Gasteiger partial charge in [0.25, 0.3) is 0 Å². The van der Waals surface area contributed by atoms with Crippen LogP contribution in [-0.2, 0) is 20.1 Å². The largest absolute Gasteiger partial charge is 0.337 e. The lowest BCUT2D eigenvalue weighted by atomic mass is 10.1. The Labute approximate surface area is 280 Å². The highest BCUT2D eigenvalue weighted by Crippen LogP contribution is 2.34. The van der Waals surface area contributed by atoms with Crippen molar-refractivity contribution in [2.45, 2.75) is 33.4 Å². The van der Waals surface area contributed by atoms with E-state index in [9.17, 15) is 8.78 Å². The molecule has 12 nitrogen and oxygen atoms in total. The van der Waals surface area contributed by atoms with Crippen molar-refractivity contribution in [1.82, 2.24) is 38.9 Å². The quantitative estimate of drug-likeness (QED) is 0.120. The summed E-state index contributed by atoms with van der Waals surface area (Å²) in [6.45, 7) is 4.10. The van der Waals surface area contributed by atoms with Gasteiger partial charge in [0.05, 0.1) is 59.3 Å². The number of aliphatic imine (C=N–C) groups is 2. The molecule has 7 rings (SSSR count). The van der Waals surface area contributed by atoms with Gasteiger partial charge in [-0.05, 0) is 56.7 Å². The van der Waals surface area contributed by atoms with Gasteiger partial charge in [-0.2, -0.15) is 5.10 Å². The predicted molar refractivity (Wildman–Crippen MR) is 191 cm³/mol. The van der Waals surface area contributed by atoms with Crippen molar-refractivity contribution in [3.05, 3.63) is 72.1 Å². The summed E-state index contributed by atoms with van der Waals surface area (Å²) >= 11 is 0.